The predicted octanol–water partition coefficient (Wildman–Crippen LogP) is 2.66. The van der Waals surface area contributed by atoms with E-state index in [0.29, 0.717) is 5.92 Å². The Morgan fingerprint density at radius 2 is 2.15 bits per heavy atom. The minimum atomic E-state index is 0.190. The molecular weight excluding hydrogens is 158 g/mol. The summed E-state index contributed by atoms with van der Waals surface area (Å²) >= 11 is 0. The SMILES string of the molecule is C=C/C=C/C1(C)CC[C@H](N)C1C=C. The van der Waals surface area contributed by atoms with E-state index in [0.717, 1.165) is 12.8 Å². The minimum Gasteiger partial charge on any atom is -0.327 e. The zero-order valence-electron chi connectivity index (χ0n) is 8.37. The van der Waals surface area contributed by atoms with E-state index < -0.39 is 0 Å². The number of nitrogens with two attached hydrogens (primary N) is 1. The van der Waals surface area contributed by atoms with Crippen LogP contribution in [0.5, 0.6) is 0 Å². The number of hydrogen-bond acceptors (Lipinski definition) is 1. The molecule has 0 heterocycles. The molecular formula is C12H19N. The molecule has 0 saturated heterocycles. The molecule has 2 unspecified atom stereocenters. The molecule has 0 aliphatic heterocycles. The maximum atomic E-state index is 6.01. The summed E-state index contributed by atoms with van der Waals surface area (Å²) in [6, 6.07) is 0.275. The largest absolute Gasteiger partial charge is 0.327 e. The van der Waals surface area contributed by atoms with E-state index in [1.54, 1.807) is 0 Å². The molecule has 1 saturated carbocycles. The van der Waals surface area contributed by atoms with Crippen molar-refractivity contribution in [2.24, 2.45) is 17.1 Å². The quantitative estimate of drug-likeness (QED) is 0.520. The van der Waals surface area contributed by atoms with Gasteiger partial charge in [-0.2, -0.15) is 0 Å². The standard InChI is InChI=1S/C12H19N/c1-4-6-8-12(3)9-7-11(13)10(12)5-2/h4-6,8,10-11H,1-2,7,9,13H2,3H3/b8-6+/t10?,11-,12?/m0/s1. The van der Waals surface area contributed by atoms with E-state index >= 15 is 0 Å². The molecule has 0 amide bonds. The molecule has 3 atom stereocenters. The highest BCUT2D eigenvalue weighted by molar-refractivity contribution is 5.15. The van der Waals surface area contributed by atoms with Crippen molar-refractivity contribution in [2.75, 3.05) is 0 Å². The molecule has 13 heavy (non-hydrogen) atoms. The topological polar surface area (TPSA) is 26.0 Å². The predicted molar refractivity (Wildman–Crippen MR) is 58.3 cm³/mol. The highest BCUT2D eigenvalue weighted by Gasteiger charge is 2.39. The van der Waals surface area contributed by atoms with E-state index in [9.17, 15) is 0 Å². The van der Waals surface area contributed by atoms with Crippen molar-refractivity contribution in [1.29, 1.82) is 0 Å². The van der Waals surface area contributed by atoms with Crippen LogP contribution in [0.1, 0.15) is 19.8 Å². The highest BCUT2D eigenvalue weighted by Crippen LogP contribution is 2.44. The molecule has 2 N–H and O–H groups in total. The van der Waals surface area contributed by atoms with Gasteiger partial charge in [0.15, 0.2) is 0 Å². The normalized spacial score (nSPS) is 39.5. The Hall–Kier alpha value is -0.820. The molecule has 0 bridgehead atoms. The van der Waals surface area contributed by atoms with Crippen molar-refractivity contribution in [3.05, 3.63) is 37.5 Å². The fourth-order valence-corrected chi connectivity index (χ4v) is 2.24. The second-order valence-corrected chi connectivity index (χ2v) is 4.06. The van der Waals surface area contributed by atoms with Gasteiger partial charge in [0.25, 0.3) is 0 Å². The number of rotatable bonds is 3. The van der Waals surface area contributed by atoms with Gasteiger partial charge in [-0.3, -0.25) is 0 Å². The summed E-state index contributed by atoms with van der Waals surface area (Å²) in [4.78, 5) is 0. The Bertz CT molecular complexity index is 229. The van der Waals surface area contributed by atoms with Gasteiger partial charge in [0.05, 0.1) is 0 Å². The van der Waals surface area contributed by atoms with E-state index in [1.807, 2.05) is 18.2 Å². The monoisotopic (exact) mass is 177 g/mol. The van der Waals surface area contributed by atoms with Crippen molar-refractivity contribution in [3.63, 3.8) is 0 Å². The molecule has 0 aromatic carbocycles. The van der Waals surface area contributed by atoms with Gasteiger partial charge in [-0.05, 0) is 18.3 Å². The number of allylic oxidation sites excluding steroid dienone is 3. The van der Waals surface area contributed by atoms with Crippen LogP contribution in [-0.2, 0) is 0 Å². The van der Waals surface area contributed by atoms with Crippen LogP contribution in [0.4, 0.5) is 0 Å². The first-order valence-electron chi connectivity index (χ1n) is 4.82. The summed E-state index contributed by atoms with van der Waals surface area (Å²) in [7, 11) is 0. The van der Waals surface area contributed by atoms with Crippen LogP contribution < -0.4 is 5.73 Å². The fourth-order valence-electron chi connectivity index (χ4n) is 2.24. The van der Waals surface area contributed by atoms with Crippen LogP contribution >= 0.6 is 0 Å². The van der Waals surface area contributed by atoms with Crippen LogP contribution in [-0.4, -0.2) is 6.04 Å². The van der Waals surface area contributed by atoms with Gasteiger partial charge < -0.3 is 5.73 Å². The van der Waals surface area contributed by atoms with Crippen LogP contribution in [0.25, 0.3) is 0 Å². The Morgan fingerprint density at radius 3 is 2.69 bits per heavy atom. The third-order valence-corrected chi connectivity index (χ3v) is 3.11. The van der Waals surface area contributed by atoms with Crippen molar-refractivity contribution in [3.8, 4) is 0 Å². The maximum Gasteiger partial charge on any atom is 0.0110 e. The Balaban J connectivity index is 2.82. The lowest BCUT2D eigenvalue weighted by Crippen LogP contribution is -2.30. The fraction of sp³-hybridized carbons (Fsp3) is 0.500. The van der Waals surface area contributed by atoms with E-state index in [4.69, 9.17) is 5.73 Å². The summed E-state index contributed by atoms with van der Waals surface area (Å²) in [5.41, 5.74) is 6.20. The van der Waals surface area contributed by atoms with Gasteiger partial charge in [0, 0.05) is 12.0 Å². The van der Waals surface area contributed by atoms with Crippen LogP contribution in [0.2, 0.25) is 0 Å². The van der Waals surface area contributed by atoms with E-state index in [1.165, 1.54) is 0 Å². The second-order valence-electron chi connectivity index (χ2n) is 4.06. The van der Waals surface area contributed by atoms with Crippen molar-refractivity contribution < 1.29 is 0 Å². The lowest BCUT2D eigenvalue weighted by atomic mass is 9.78. The summed E-state index contributed by atoms with van der Waals surface area (Å²) in [6.07, 6.45) is 10.3. The first kappa shape index (κ1) is 10.3. The molecule has 0 spiro atoms. The third-order valence-electron chi connectivity index (χ3n) is 3.11. The minimum absolute atomic E-state index is 0.190. The maximum absolute atomic E-state index is 6.01. The molecule has 1 aliphatic carbocycles. The Kier molecular flexibility index (Phi) is 3.10. The summed E-state index contributed by atoms with van der Waals surface area (Å²) in [5.74, 6) is 0.406. The Morgan fingerprint density at radius 1 is 1.46 bits per heavy atom. The summed E-state index contributed by atoms with van der Waals surface area (Å²) in [6.45, 7) is 9.78. The molecule has 72 valence electrons. The van der Waals surface area contributed by atoms with E-state index in [-0.39, 0.29) is 11.5 Å². The zero-order valence-corrected chi connectivity index (χ0v) is 8.37. The van der Waals surface area contributed by atoms with Gasteiger partial charge in [0.2, 0.25) is 0 Å². The van der Waals surface area contributed by atoms with Crippen LogP contribution in [0.15, 0.2) is 37.5 Å². The molecule has 1 rings (SSSR count). The molecule has 0 aromatic heterocycles. The van der Waals surface area contributed by atoms with Gasteiger partial charge in [0.1, 0.15) is 0 Å². The van der Waals surface area contributed by atoms with Crippen molar-refractivity contribution in [2.45, 2.75) is 25.8 Å². The molecule has 1 heteroatoms. The average molecular weight is 177 g/mol. The number of hydrogen-bond donors (Lipinski definition) is 1. The van der Waals surface area contributed by atoms with Crippen molar-refractivity contribution >= 4 is 0 Å². The van der Waals surface area contributed by atoms with Crippen LogP contribution in [0, 0.1) is 11.3 Å². The smallest absolute Gasteiger partial charge is 0.0110 e. The summed E-state index contributed by atoms with van der Waals surface area (Å²) in [5, 5.41) is 0. The first-order chi connectivity index (χ1) is 6.14. The molecule has 1 aliphatic rings. The molecule has 1 nitrogen and oxygen atoms in total. The molecule has 0 radical (unpaired) electrons. The zero-order chi connectivity index (χ0) is 9.90. The third kappa shape index (κ3) is 1.92. The van der Waals surface area contributed by atoms with Gasteiger partial charge in [-0.1, -0.05) is 37.8 Å². The Labute approximate surface area is 81.0 Å². The molecule has 1 fully saturated rings. The van der Waals surface area contributed by atoms with Crippen molar-refractivity contribution in [1.82, 2.24) is 0 Å². The average Bonchev–Trinajstić information content (AvgIpc) is 2.40. The van der Waals surface area contributed by atoms with Gasteiger partial charge >= 0.3 is 0 Å². The summed E-state index contributed by atoms with van der Waals surface area (Å²) < 4.78 is 0. The lowest BCUT2D eigenvalue weighted by Gasteiger charge is -2.27. The first-order valence-corrected chi connectivity index (χ1v) is 4.82. The van der Waals surface area contributed by atoms with E-state index in [2.05, 4.69) is 26.2 Å². The lowest BCUT2D eigenvalue weighted by molar-refractivity contribution is 0.349. The molecule has 0 aromatic rings. The van der Waals surface area contributed by atoms with Gasteiger partial charge in [-0.15, -0.1) is 6.58 Å². The second kappa shape index (κ2) is 3.93. The van der Waals surface area contributed by atoms with Crippen LogP contribution in [0.3, 0.4) is 0 Å². The van der Waals surface area contributed by atoms with Gasteiger partial charge in [-0.25, -0.2) is 0 Å². The highest BCUT2D eigenvalue weighted by atomic mass is 14.7.